The van der Waals surface area contributed by atoms with E-state index in [4.69, 9.17) is 18.9 Å². The van der Waals surface area contributed by atoms with Crippen molar-refractivity contribution in [3.8, 4) is 23.3 Å². The van der Waals surface area contributed by atoms with Gasteiger partial charge >= 0.3 is 0 Å². The van der Waals surface area contributed by atoms with E-state index < -0.39 is 6.10 Å². The lowest BCUT2D eigenvalue weighted by Crippen LogP contribution is -2.27. The van der Waals surface area contributed by atoms with Crippen LogP contribution in [-0.4, -0.2) is 45.3 Å². The second-order valence-electron chi connectivity index (χ2n) is 9.62. The molecule has 206 valence electrons. The molecule has 1 N–H and O–H groups in total. The lowest BCUT2D eigenvalue weighted by atomic mass is 10.0. The fourth-order valence-corrected chi connectivity index (χ4v) is 4.35. The van der Waals surface area contributed by atoms with Crippen molar-refractivity contribution >= 4 is 0 Å². The zero-order valence-corrected chi connectivity index (χ0v) is 23.2. The maximum atomic E-state index is 9.66. The van der Waals surface area contributed by atoms with E-state index in [1.807, 2.05) is 0 Å². The molecule has 0 bridgehead atoms. The summed E-state index contributed by atoms with van der Waals surface area (Å²) in [5.41, 5.74) is 0.313. The summed E-state index contributed by atoms with van der Waals surface area (Å²) in [6.45, 7) is 3.08. The van der Waals surface area contributed by atoms with Gasteiger partial charge in [0.2, 0.25) is 0 Å². The number of nitriles is 1. The van der Waals surface area contributed by atoms with Crippen LogP contribution in [0.4, 0.5) is 0 Å². The minimum absolute atomic E-state index is 0.163. The summed E-state index contributed by atoms with van der Waals surface area (Å²) in [5.74, 6) is 1.21. The molecule has 0 aliphatic heterocycles. The number of unbranched alkanes of at least 4 members (excludes halogenated alkanes) is 15. The van der Waals surface area contributed by atoms with Gasteiger partial charge in [-0.1, -0.05) is 103 Å². The van der Waals surface area contributed by atoms with Crippen LogP contribution in [0.5, 0.6) is 17.2 Å². The Hall–Kier alpha value is -1.97. The van der Waals surface area contributed by atoms with Gasteiger partial charge in [-0.25, -0.2) is 0 Å². The molecular weight excluding hydrogens is 454 g/mol. The molecule has 1 unspecified atom stereocenters. The van der Waals surface area contributed by atoms with E-state index in [1.165, 1.54) is 111 Å². The largest absolute Gasteiger partial charge is 0.495 e. The fraction of sp³-hybridized carbons (Fsp3) is 0.767. The zero-order valence-electron chi connectivity index (χ0n) is 23.2. The van der Waals surface area contributed by atoms with Gasteiger partial charge in [-0.15, -0.1) is 0 Å². The Morgan fingerprint density at radius 3 is 1.58 bits per heavy atom. The van der Waals surface area contributed by atoms with Crippen molar-refractivity contribution in [3.05, 3.63) is 17.7 Å². The molecule has 1 atom stereocenters. The average molecular weight is 506 g/mol. The Labute approximate surface area is 220 Å². The third-order valence-corrected chi connectivity index (χ3v) is 6.54. The molecule has 0 amide bonds. The standard InChI is InChI=1S/C30H51NO5/c1-4-5-6-7-8-9-10-11-12-13-14-15-16-17-18-19-20-35-25-27(24-32)36-26-21-29(33-2)28(23-31)30(22-26)34-3/h21-22,27,32H,4-20,24-25H2,1-3H3. The Morgan fingerprint density at radius 2 is 1.19 bits per heavy atom. The molecule has 0 saturated carbocycles. The van der Waals surface area contributed by atoms with Crippen molar-refractivity contribution < 1.29 is 24.1 Å². The molecule has 0 saturated heterocycles. The highest BCUT2D eigenvalue weighted by Crippen LogP contribution is 2.33. The summed E-state index contributed by atoms with van der Waals surface area (Å²) in [6.07, 6.45) is 21.0. The monoisotopic (exact) mass is 505 g/mol. The normalized spacial score (nSPS) is 11.8. The molecule has 0 aliphatic rings. The maximum Gasteiger partial charge on any atom is 0.145 e. The topological polar surface area (TPSA) is 80.9 Å². The quantitative estimate of drug-likeness (QED) is 0.146. The van der Waals surface area contributed by atoms with E-state index in [1.54, 1.807) is 12.1 Å². The summed E-state index contributed by atoms with van der Waals surface area (Å²) >= 11 is 0. The van der Waals surface area contributed by atoms with Gasteiger partial charge in [-0.2, -0.15) is 5.26 Å². The first kappa shape index (κ1) is 32.1. The molecular formula is C30H51NO5. The van der Waals surface area contributed by atoms with Gasteiger partial charge in [-0.3, -0.25) is 0 Å². The van der Waals surface area contributed by atoms with Gasteiger partial charge in [0.1, 0.15) is 35.0 Å². The summed E-state index contributed by atoms with van der Waals surface area (Å²) in [7, 11) is 2.98. The lowest BCUT2D eigenvalue weighted by Gasteiger charge is -2.19. The Balaban J connectivity index is 2.03. The van der Waals surface area contributed by atoms with Crippen LogP contribution in [0.3, 0.4) is 0 Å². The fourth-order valence-electron chi connectivity index (χ4n) is 4.35. The SMILES string of the molecule is CCCCCCCCCCCCCCCCCCOCC(CO)Oc1cc(OC)c(C#N)c(OC)c1. The van der Waals surface area contributed by atoms with Gasteiger partial charge in [0.25, 0.3) is 0 Å². The number of hydrogen-bond donors (Lipinski definition) is 1. The second-order valence-corrected chi connectivity index (χ2v) is 9.62. The van der Waals surface area contributed by atoms with Crippen LogP contribution in [0.1, 0.15) is 115 Å². The smallest absolute Gasteiger partial charge is 0.145 e. The third-order valence-electron chi connectivity index (χ3n) is 6.54. The first-order chi connectivity index (χ1) is 17.7. The average Bonchev–Trinajstić information content (AvgIpc) is 2.90. The molecule has 6 heteroatoms. The van der Waals surface area contributed by atoms with Crippen LogP contribution >= 0.6 is 0 Å². The Morgan fingerprint density at radius 1 is 0.750 bits per heavy atom. The number of methoxy groups -OCH3 is 2. The summed E-state index contributed by atoms with van der Waals surface area (Å²) in [5, 5.41) is 19.0. The van der Waals surface area contributed by atoms with Crippen molar-refractivity contribution in [3.63, 3.8) is 0 Å². The van der Waals surface area contributed by atoms with E-state index in [2.05, 4.69) is 13.0 Å². The number of benzene rings is 1. The van der Waals surface area contributed by atoms with Crippen LogP contribution in [-0.2, 0) is 4.74 Å². The molecule has 0 fully saturated rings. The van der Waals surface area contributed by atoms with Crippen molar-refractivity contribution in [2.75, 3.05) is 34.0 Å². The molecule has 6 nitrogen and oxygen atoms in total. The van der Waals surface area contributed by atoms with Crippen LogP contribution in [0, 0.1) is 11.3 Å². The highest BCUT2D eigenvalue weighted by Gasteiger charge is 2.16. The number of aliphatic hydroxyl groups excluding tert-OH is 1. The number of nitrogens with zero attached hydrogens (tertiary/aromatic N) is 1. The van der Waals surface area contributed by atoms with E-state index in [-0.39, 0.29) is 6.61 Å². The molecule has 0 radical (unpaired) electrons. The van der Waals surface area contributed by atoms with Gasteiger partial charge in [0.05, 0.1) is 27.4 Å². The number of hydrogen-bond acceptors (Lipinski definition) is 6. The van der Waals surface area contributed by atoms with Crippen LogP contribution in [0.15, 0.2) is 12.1 Å². The second kappa shape index (κ2) is 22.2. The molecule has 0 aromatic heterocycles. The minimum Gasteiger partial charge on any atom is -0.495 e. The Bertz CT molecular complexity index is 678. The highest BCUT2D eigenvalue weighted by atomic mass is 16.5. The molecule has 0 heterocycles. The van der Waals surface area contributed by atoms with E-state index in [9.17, 15) is 10.4 Å². The number of rotatable bonds is 24. The number of aliphatic hydroxyl groups is 1. The van der Waals surface area contributed by atoms with Crippen LogP contribution < -0.4 is 14.2 Å². The molecule has 1 aromatic carbocycles. The number of ether oxygens (including phenoxy) is 4. The van der Waals surface area contributed by atoms with Crippen molar-refractivity contribution in [1.29, 1.82) is 5.26 Å². The highest BCUT2D eigenvalue weighted by molar-refractivity contribution is 5.57. The third kappa shape index (κ3) is 14.6. The summed E-state index contributed by atoms with van der Waals surface area (Å²) in [4.78, 5) is 0. The summed E-state index contributed by atoms with van der Waals surface area (Å²) in [6, 6.07) is 5.32. The predicted molar refractivity (Wildman–Crippen MR) is 146 cm³/mol. The lowest BCUT2D eigenvalue weighted by molar-refractivity contribution is 0.0187. The van der Waals surface area contributed by atoms with Gasteiger partial charge < -0.3 is 24.1 Å². The molecule has 1 aromatic rings. The Kier molecular flexibility index (Phi) is 19.8. The van der Waals surface area contributed by atoms with Crippen molar-refractivity contribution in [2.24, 2.45) is 0 Å². The van der Waals surface area contributed by atoms with Crippen molar-refractivity contribution in [2.45, 2.75) is 116 Å². The first-order valence-electron chi connectivity index (χ1n) is 14.2. The molecule has 1 rings (SSSR count). The van der Waals surface area contributed by atoms with Crippen molar-refractivity contribution in [1.82, 2.24) is 0 Å². The maximum absolute atomic E-state index is 9.66. The van der Waals surface area contributed by atoms with E-state index >= 15 is 0 Å². The van der Waals surface area contributed by atoms with E-state index in [0.717, 1.165) is 6.42 Å². The van der Waals surface area contributed by atoms with Gasteiger partial charge in [0.15, 0.2) is 0 Å². The zero-order chi connectivity index (χ0) is 26.3. The molecule has 0 aliphatic carbocycles. The van der Waals surface area contributed by atoms with Gasteiger partial charge in [-0.05, 0) is 6.42 Å². The predicted octanol–water partition coefficient (Wildman–Crippen LogP) is 7.59. The minimum atomic E-state index is -0.492. The molecule has 0 spiro atoms. The van der Waals surface area contributed by atoms with Gasteiger partial charge in [0, 0.05) is 18.7 Å². The van der Waals surface area contributed by atoms with Crippen LogP contribution in [0.2, 0.25) is 0 Å². The van der Waals surface area contributed by atoms with E-state index in [0.29, 0.717) is 36.0 Å². The molecule has 36 heavy (non-hydrogen) atoms. The summed E-state index contributed by atoms with van der Waals surface area (Å²) < 4.78 is 22.1. The first-order valence-corrected chi connectivity index (χ1v) is 14.2. The van der Waals surface area contributed by atoms with Crippen LogP contribution in [0.25, 0.3) is 0 Å².